The van der Waals surface area contributed by atoms with Crippen LogP contribution in [0.5, 0.6) is 0 Å². The zero-order valence-electron chi connectivity index (χ0n) is 7.49. The topological polar surface area (TPSA) is 55.4 Å². The van der Waals surface area contributed by atoms with Gasteiger partial charge in [0.2, 0.25) is 0 Å². The molecule has 0 aromatic rings. The third-order valence-electron chi connectivity index (χ3n) is 2.24. The molecule has 13 heavy (non-hydrogen) atoms. The van der Waals surface area contributed by atoms with Crippen molar-refractivity contribution in [3.8, 4) is 0 Å². The predicted octanol–water partition coefficient (Wildman–Crippen LogP) is 0.322. The van der Waals surface area contributed by atoms with Crippen LogP contribution in [0, 0.1) is 0 Å². The Hall–Kier alpha value is 0.160. The minimum absolute atomic E-state index is 0.0514. The Bertz CT molecular complexity index is 246. The van der Waals surface area contributed by atoms with Crippen molar-refractivity contribution in [2.24, 2.45) is 0 Å². The molecule has 2 atom stereocenters. The van der Waals surface area contributed by atoms with E-state index in [1.165, 1.54) is 6.26 Å². The number of nitrogens with one attached hydrogen (secondary N) is 1. The third-order valence-corrected chi connectivity index (χ3v) is 3.98. The Morgan fingerprint density at radius 1 is 1.54 bits per heavy atom. The highest BCUT2D eigenvalue weighted by atomic mass is 35.5. The minimum atomic E-state index is -2.94. The SMILES string of the molecule is CS(=O)(=O)C1CC[C@@H](CNCl)OC1. The molecule has 4 nitrogen and oxygen atoms in total. The lowest BCUT2D eigenvalue weighted by molar-refractivity contribution is 0.0224. The minimum Gasteiger partial charge on any atom is -0.376 e. The van der Waals surface area contributed by atoms with E-state index in [1.54, 1.807) is 0 Å². The largest absolute Gasteiger partial charge is 0.376 e. The standard InChI is InChI=1S/C7H14ClNO3S/c1-13(10,11)7-3-2-6(4-9-8)12-5-7/h6-7,9H,2-5H2,1H3/t6-,7?/m0/s1. The second kappa shape index (κ2) is 4.59. The third kappa shape index (κ3) is 3.42. The molecule has 0 aromatic heterocycles. The highest BCUT2D eigenvalue weighted by Crippen LogP contribution is 2.18. The van der Waals surface area contributed by atoms with Crippen LogP contribution in [-0.4, -0.2) is 39.2 Å². The van der Waals surface area contributed by atoms with Crippen molar-refractivity contribution in [3.05, 3.63) is 0 Å². The molecule has 1 N–H and O–H groups in total. The molecule has 1 saturated heterocycles. The summed E-state index contributed by atoms with van der Waals surface area (Å²) in [4.78, 5) is 2.49. The smallest absolute Gasteiger partial charge is 0.152 e. The number of hydrogen-bond donors (Lipinski definition) is 1. The predicted molar refractivity (Wildman–Crippen MR) is 51.5 cm³/mol. The summed E-state index contributed by atoms with van der Waals surface area (Å²) in [6.07, 6.45) is 2.72. The second-order valence-corrected chi connectivity index (χ2v) is 5.91. The highest BCUT2D eigenvalue weighted by molar-refractivity contribution is 7.91. The van der Waals surface area contributed by atoms with E-state index >= 15 is 0 Å². The maximum atomic E-state index is 11.1. The van der Waals surface area contributed by atoms with Gasteiger partial charge < -0.3 is 4.74 Å². The van der Waals surface area contributed by atoms with Gasteiger partial charge in [0.1, 0.15) is 0 Å². The van der Waals surface area contributed by atoms with Crippen LogP contribution < -0.4 is 4.84 Å². The van der Waals surface area contributed by atoms with Gasteiger partial charge in [0, 0.05) is 12.8 Å². The van der Waals surface area contributed by atoms with Crippen LogP contribution in [0.4, 0.5) is 0 Å². The average Bonchev–Trinajstić information content (AvgIpc) is 2.04. The van der Waals surface area contributed by atoms with Crippen molar-refractivity contribution in [2.45, 2.75) is 24.2 Å². The van der Waals surface area contributed by atoms with E-state index in [0.717, 1.165) is 6.42 Å². The fraction of sp³-hybridized carbons (Fsp3) is 1.00. The molecule has 1 heterocycles. The summed E-state index contributed by atoms with van der Waals surface area (Å²) in [5, 5.41) is -0.334. The normalized spacial score (nSPS) is 30.3. The molecule has 0 spiro atoms. The number of halogens is 1. The maximum absolute atomic E-state index is 11.1. The van der Waals surface area contributed by atoms with Gasteiger partial charge >= 0.3 is 0 Å². The zero-order chi connectivity index (χ0) is 9.90. The van der Waals surface area contributed by atoms with Crippen LogP contribution in [0.15, 0.2) is 0 Å². The summed E-state index contributed by atoms with van der Waals surface area (Å²) in [5.41, 5.74) is 0. The zero-order valence-corrected chi connectivity index (χ0v) is 9.07. The van der Waals surface area contributed by atoms with E-state index in [0.29, 0.717) is 19.6 Å². The Kier molecular flexibility index (Phi) is 3.97. The number of sulfone groups is 1. The van der Waals surface area contributed by atoms with Crippen molar-refractivity contribution >= 4 is 21.6 Å². The van der Waals surface area contributed by atoms with Crippen molar-refractivity contribution < 1.29 is 13.2 Å². The van der Waals surface area contributed by atoms with Crippen LogP contribution in [0.2, 0.25) is 0 Å². The van der Waals surface area contributed by atoms with Gasteiger partial charge in [0.15, 0.2) is 9.84 Å². The van der Waals surface area contributed by atoms with Crippen LogP contribution in [-0.2, 0) is 14.6 Å². The molecule has 1 aliphatic rings. The van der Waals surface area contributed by atoms with Crippen LogP contribution in [0.1, 0.15) is 12.8 Å². The lowest BCUT2D eigenvalue weighted by atomic mass is 10.1. The van der Waals surface area contributed by atoms with E-state index in [4.69, 9.17) is 16.5 Å². The number of ether oxygens (including phenoxy) is 1. The fourth-order valence-corrected chi connectivity index (χ4v) is 2.43. The van der Waals surface area contributed by atoms with Gasteiger partial charge in [0.05, 0.1) is 18.0 Å². The molecule has 1 unspecified atom stereocenters. The molecule has 6 heteroatoms. The van der Waals surface area contributed by atoms with Crippen molar-refractivity contribution in [3.63, 3.8) is 0 Å². The first-order chi connectivity index (χ1) is 6.04. The summed E-state index contributed by atoms with van der Waals surface area (Å²) in [7, 11) is -2.94. The average molecular weight is 228 g/mol. The summed E-state index contributed by atoms with van der Waals surface area (Å²) < 4.78 is 27.6. The molecular weight excluding hydrogens is 214 g/mol. The van der Waals surface area contributed by atoms with Crippen LogP contribution in [0.25, 0.3) is 0 Å². The molecule has 0 aliphatic carbocycles. The second-order valence-electron chi connectivity index (χ2n) is 3.32. The monoisotopic (exact) mass is 227 g/mol. The molecule has 0 aromatic carbocycles. The number of rotatable bonds is 3. The van der Waals surface area contributed by atoms with E-state index in [9.17, 15) is 8.42 Å². The van der Waals surface area contributed by atoms with Gasteiger partial charge in [-0.2, -0.15) is 0 Å². The summed E-state index contributed by atoms with van der Waals surface area (Å²) in [6.45, 7) is 0.861. The summed E-state index contributed by atoms with van der Waals surface area (Å²) in [6, 6.07) is 0. The van der Waals surface area contributed by atoms with Gasteiger partial charge in [-0.25, -0.2) is 13.3 Å². The number of hydrogen-bond acceptors (Lipinski definition) is 4. The quantitative estimate of drug-likeness (QED) is 0.706. The molecule has 1 rings (SSSR count). The Labute approximate surface area is 83.6 Å². The fourth-order valence-electron chi connectivity index (χ4n) is 1.37. The van der Waals surface area contributed by atoms with Crippen LogP contribution in [0.3, 0.4) is 0 Å². The first-order valence-electron chi connectivity index (χ1n) is 4.18. The molecule has 0 amide bonds. The van der Waals surface area contributed by atoms with Crippen molar-refractivity contribution in [1.29, 1.82) is 0 Å². The maximum Gasteiger partial charge on any atom is 0.152 e. The molecule has 78 valence electrons. The van der Waals surface area contributed by atoms with E-state index in [-0.39, 0.29) is 11.4 Å². The molecule has 0 radical (unpaired) electrons. The Balaban J connectivity index is 2.39. The molecular formula is C7H14ClNO3S. The lowest BCUT2D eigenvalue weighted by Crippen LogP contribution is -2.37. The van der Waals surface area contributed by atoms with Crippen molar-refractivity contribution in [2.75, 3.05) is 19.4 Å². The summed E-state index contributed by atoms with van der Waals surface area (Å²) >= 11 is 5.31. The van der Waals surface area contributed by atoms with Gasteiger partial charge in [-0.3, -0.25) is 0 Å². The van der Waals surface area contributed by atoms with Gasteiger partial charge in [-0.15, -0.1) is 0 Å². The molecule has 0 bridgehead atoms. The van der Waals surface area contributed by atoms with Crippen LogP contribution >= 0.6 is 11.8 Å². The van der Waals surface area contributed by atoms with E-state index in [2.05, 4.69) is 4.84 Å². The van der Waals surface area contributed by atoms with Crippen molar-refractivity contribution in [1.82, 2.24) is 4.84 Å². The van der Waals surface area contributed by atoms with Gasteiger partial charge in [-0.05, 0) is 24.6 Å². The first-order valence-corrected chi connectivity index (χ1v) is 6.51. The Morgan fingerprint density at radius 2 is 2.23 bits per heavy atom. The van der Waals surface area contributed by atoms with Gasteiger partial charge in [-0.1, -0.05) is 0 Å². The van der Waals surface area contributed by atoms with E-state index < -0.39 is 9.84 Å². The molecule has 0 saturated carbocycles. The summed E-state index contributed by atoms with van der Waals surface area (Å²) in [5.74, 6) is 0. The van der Waals surface area contributed by atoms with Gasteiger partial charge in [0.25, 0.3) is 0 Å². The van der Waals surface area contributed by atoms with E-state index in [1.807, 2.05) is 0 Å². The highest BCUT2D eigenvalue weighted by Gasteiger charge is 2.27. The Morgan fingerprint density at radius 3 is 2.62 bits per heavy atom. The first kappa shape index (κ1) is 11.2. The molecule has 1 aliphatic heterocycles. The molecule has 1 fully saturated rings. The lowest BCUT2D eigenvalue weighted by Gasteiger charge is -2.27.